The number of aromatic nitrogens is 2. The lowest BCUT2D eigenvalue weighted by molar-refractivity contribution is -0.155. The van der Waals surface area contributed by atoms with Gasteiger partial charge in [0.1, 0.15) is 11.6 Å². The van der Waals surface area contributed by atoms with Crippen LogP contribution in [0.2, 0.25) is 0 Å². The first-order valence-corrected chi connectivity index (χ1v) is 7.67. The Hall–Kier alpha value is -2.90. The first-order chi connectivity index (χ1) is 11.8. The van der Waals surface area contributed by atoms with E-state index in [-0.39, 0.29) is 5.75 Å². The zero-order valence-corrected chi connectivity index (χ0v) is 14.5. The molecule has 1 aromatic carbocycles. The predicted octanol–water partition coefficient (Wildman–Crippen LogP) is 2.13. The molecule has 8 heteroatoms. The Balaban J connectivity index is 1.86. The molecule has 0 fully saturated rings. The van der Waals surface area contributed by atoms with Crippen LogP contribution in [0.5, 0.6) is 5.75 Å². The van der Waals surface area contributed by atoms with Crippen LogP contribution in [0.25, 0.3) is 0 Å². The third-order valence-corrected chi connectivity index (χ3v) is 3.59. The van der Waals surface area contributed by atoms with E-state index in [2.05, 4.69) is 10.4 Å². The Bertz CT molecular complexity index is 788. The number of aryl methyl sites for hydroxylation is 2. The lowest BCUT2D eigenvalue weighted by atomic mass is 10.3. The van der Waals surface area contributed by atoms with E-state index in [0.717, 1.165) is 11.8 Å². The highest BCUT2D eigenvalue weighted by Crippen LogP contribution is 2.18. The van der Waals surface area contributed by atoms with Crippen molar-refractivity contribution in [3.63, 3.8) is 0 Å². The summed E-state index contributed by atoms with van der Waals surface area (Å²) in [5, 5.41) is 6.89. The van der Waals surface area contributed by atoms with Crippen LogP contribution in [0, 0.1) is 19.7 Å². The van der Waals surface area contributed by atoms with E-state index in [9.17, 15) is 14.0 Å². The summed E-state index contributed by atoms with van der Waals surface area (Å²) >= 11 is 0. The van der Waals surface area contributed by atoms with Crippen molar-refractivity contribution in [2.24, 2.45) is 7.05 Å². The van der Waals surface area contributed by atoms with Gasteiger partial charge < -0.3 is 14.8 Å². The Labute approximate surface area is 144 Å². The van der Waals surface area contributed by atoms with Crippen LogP contribution >= 0.6 is 0 Å². The molecule has 0 spiro atoms. The molecule has 1 N–H and O–H groups in total. The standard InChI is InChI=1S/C17H20FN3O4/c1-10-16(11(2)21(4)20-10)19-17(23)12(3)25-15(22)9-24-14-7-5-6-13(18)8-14/h5-8,12H,9H2,1-4H3,(H,19,23). The smallest absolute Gasteiger partial charge is 0.344 e. The molecule has 2 rings (SSSR count). The van der Waals surface area contributed by atoms with Gasteiger partial charge in [-0.2, -0.15) is 5.10 Å². The zero-order chi connectivity index (χ0) is 18.6. The molecule has 0 saturated heterocycles. The van der Waals surface area contributed by atoms with Crippen molar-refractivity contribution in [1.82, 2.24) is 9.78 Å². The average molecular weight is 349 g/mol. The van der Waals surface area contributed by atoms with Gasteiger partial charge in [0, 0.05) is 13.1 Å². The summed E-state index contributed by atoms with van der Waals surface area (Å²) in [6.45, 7) is 4.62. The maximum Gasteiger partial charge on any atom is 0.344 e. The number of benzene rings is 1. The number of nitrogens with zero attached hydrogens (tertiary/aromatic N) is 2. The van der Waals surface area contributed by atoms with Crippen LogP contribution in [-0.2, 0) is 21.4 Å². The van der Waals surface area contributed by atoms with Gasteiger partial charge >= 0.3 is 5.97 Å². The van der Waals surface area contributed by atoms with Crippen LogP contribution in [0.3, 0.4) is 0 Å². The first kappa shape index (κ1) is 18.4. The van der Waals surface area contributed by atoms with Crippen molar-refractivity contribution < 1.29 is 23.5 Å². The molecule has 0 bridgehead atoms. The molecule has 1 heterocycles. The van der Waals surface area contributed by atoms with Crippen molar-refractivity contribution in [2.75, 3.05) is 11.9 Å². The van der Waals surface area contributed by atoms with Gasteiger partial charge in [0.15, 0.2) is 12.7 Å². The molecule has 0 saturated carbocycles. The number of carbonyl (C=O) groups excluding carboxylic acids is 2. The third-order valence-electron chi connectivity index (χ3n) is 3.59. The normalized spacial score (nSPS) is 11.7. The number of ether oxygens (including phenoxy) is 2. The van der Waals surface area contributed by atoms with Crippen LogP contribution in [0.1, 0.15) is 18.3 Å². The van der Waals surface area contributed by atoms with Crippen LogP contribution in [-0.4, -0.2) is 34.4 Å². The minimum atomic E-state index is -1.01. The van der Waals surface area contributed by atoms with E-state index >= 15 is 0 Å². The zero-order valence-electron chi connectivity index (χ0n) is 14.5. The van der Waals surface area contributed by atoms with Crippen molar-refractivity contribution >= 4 is 17.6 Å². The van der Waals surface area contributed by atoms with E-state index < -0.39 is 30.4 Å². The quantitative estimate of drug-likeness (QED) is 0.808. The molecule has 0 radical (unpaired) electrons. The van der Waals surface area contributed by atoms with Gasteiger partial charge in [-0.3, -0.25) is 9.48 Å². The van der Waals surface area contributed by atoms with Gasteiger partial charge in [0.25, 0.3) is 5.91 Å². The van der Waals surface area contributed by atoms with E-state index in [0.29, 0.717) is 11.4 Å². The maximum atomic E-state index is 13.0. The third kappa shape index (κ3) is 4.79. The van der Waals surface area contributed by atoms with Gasteiger partial charge in [-0.1, -0.05) is 6.07 Å². The number of rotatable bonds is 6. The Morgan fingerprint density at radius 2 is 2.08 bits per heavy atom. The lowest BCUT2D eigenvalue weighted by Crippen LogP contribution is -2.32. The minimum Gasteiger partial charge on any atom is -0.482 e. The fraction of sp³-hybridized carbons (Fsp3) is 0.353. The second kappa shape index (κ2) is 7.78. The van der Waals surface area contributed by atoms with Gasteiger partial charge in [-0.15, -0.1) is 0 Å². The van der Waals surface area contributed by atoms with E-state index in [4.69, 9.17) is 9.47 Å². The number of hydrogen-bond donors (Lipinski definition) is 1. The molecular weight excluding hydrogens is 329 g/mol. The predicted molar refractivity (Wildman–Crippen MR) is 88.8 cm³/mol. The van der Waals surface area contributed by atoms with Crippen LogP contribution in [0.4, 0.5) is 10.1 Å². The number of carbonyl (C=O) groups is 2. The molecule has 2 aromatic rings. The second-order valence-electron chi connectivity index (χ2n) is 5.54. The number of amides is 1. The molecule has 0 aliphatic heterocycles. The molecule has 0 aliphatic rings. The fourth-order valence-corrected chi connectivity index (χ4v) is 2.16. The summed E-state index contributed by atoms with van der Waals surface area (Å²) in [7, 11) is 1.77. The van der Waals surface area contributed by atoms with Crippen molar-refractivity contribution in [3.8, 4) is 5.75 Å². The summed E-state index contributed by atoms with van der Waals surface area (Å²) in [5.74, 6) is -1.47. The van der Waals surface area contributed by atoms with Gasteiger partial charge in [-0.25, -0.2) is 9.18 Å². The van der Waals surface area contributed by atoms with Crippen molar-refractivity contribution in [3.05, 3.63) is 41.5 Å². The Kier molecular flexibility index (Phi) is 5.74. The fourth-order valence-electron chi connectivity index (χ4n) is 2.16. The van der Waals surface area contributed by atoms with Gasteiger partial charge in [0.05, 0.1) is 17.1 Å². The number of hydrogen-bond acceptors (Lipinski definition) is 5. The SMILES string of the molecule is Cc1nn(C)c(C)c1NC(=O)C(C)OC(=O)COc1cccc(F)c1. The molecular formula is C17H20FN3O4. The molecule has 1 amide bonds. The summed E-state index contributed by atoms with van der Waals surface area (Å²) in [6.07, 6.45) is -1.01. The number of halogens is 1. The number of nitrogens with one attached hydrogen (secondary N) is 1. The largest absolute Gasteiger partial charge is 0.482 e. The van der Waals surface area contributed by atoms with Gasteiger partial charge in [0.2, 0.25) is 0 Å². The molecule has 1 aromatic heterocycles. The molecule has 1 atom stereocenters. The van der Waals surface area contributed by atoms with E-state index in [1.807, 2.05) is 6.92 Å². The highest BCUT2D eigenvalue weighted by atomic mass is 19.1. The maximum absolute atomic E-state index is 13.0. The number of anilines is 1. The Morgan fingerprint density at radius 1 is 1.36 bits per heavy atom. The van der Waals surface area contributed by atoms with Crippen molar-refractivity contribution in [2.45, 2.75) is 26.9 Å². The van der Waals surface area contributed by atoms with Crippen molar-refractivity contribution in [1.29, 1.82) is 0 Å². The molecule has 25 heavy (non-hydrogen) atoms. The second-order valence-corrected chi connectivity index (χ2v) is 5.54. The summed E-state index contributed by atoms with van der Waals surface area (Å²) in [5.41, 5.74) is 2.05. The van der Waals surface area contributed by atoms with E-state index in [1.165, 1.54) is 25.1 Å². The number of esters is 1. The van der Waals surface area contributed by atoms with Crippen LogP contribution in [0.15, 0.2) is 24.3 Å². The summed E-state index contributed by atoms with van der Waals surface area (Å²) in [4.78, 5) is 23.9. The molecule has 7 nitrogen and oxygen atoms in total. The molecule has 0 aliphatic carbocycles. The summed E-state index contributed by atoms with van der Waals surface area (Å²) in [6, 6.07) is 5.39. The topological polar surface area (TPSA) is 82.5 Å². The van der Waals surface area contributed by atoms with Crippen LogP contribution < -0.4 is 10.1 Å². The monoisotopic (exact) mass is 349 g/mol. The summed E-state index contributed by atoms with van der Waals surface area (Å²) < 4.78 is 24.8. The molecule has 134 valence electrons. The first-order valence-electron chi connectivity index (χ1n) is 7.67. The average Bonchev–Trinajstić information content (AvgIpc) is 2.79. The van der Waals surface area contributed by atoms with Gasteiger partial charge in [-0.05, 0) is 32.9 Å². The van der Waals surface area contributed by atoms with E-state index in [1.54, 1.807) is 18.7 Å². The minimum absolute atomic E-state index is 0.204. The Morgan fingerprint density at radius 3 is 2.68 bits per heavy atom. The molecule has 1 unspecified atom stereocenters. The lowest BCUT2D eigenvalue weighted by Gasteiger charge is -2.14. The highest BCUT2D eigenvalue weighted by Gasteiger charge is 2.21. The highest BCUT2D eigenvalue weighted by molar-refractivity contribution is 5.96.